The number of anilines is 1. The zero-order chi connectivity index (χ0) is 18.7. The Bertz CT molecular complexity index is 793. The number of hydrogen-bond acceptors (Lipinski definition) is 4. The Kier molecular flexibility index (Phi) is 5.62. The summed E-state index contributed by atoms with van der Waals surface area (Å²) in [6, 6.07) is 5.73. The van der Waals surface area contributed by atoms with Crippen LogP contribution < -0.4 is 5.32 Å². The van der Waals surface area contributed by atoms with Gasteiger partial charge in [0.15, 0.2) is 5.76 Å². The number of aromatic nitrogens is 1. The highest BCUT2D eigenvalue weighted by molar-refractivity contribution is 6.00. The first kappa shape index (κ1) is 18.7. The lowest BCUT2D eigenvalue weighted by Crippen LogP contribution is -2.35. The highest BCUT2D eigenvalue weighted by Crippen LogP contribution is 2.23. The second-order valence-corrected chi connectivity index (χ2v) is 6.62. The van der Waals surface area contributed by atoms with Crippen molar-refractivity contribution in [1.29, 1.82) is 0 Å². The summed E-state index contributed by atoms with van der Waals surface area (Å²) in [6.45, 7) is 9.49. The van der Waals surface area contributed by atoms with Crippen LogP contribution in [0.2, 0.25) is 0 Å². The molecule has 0 unspecified atom stereocenters. The minimum atomic E-state index is -0.265. The molecular formula is C19H25N3O3. The van der Waals surface area contributed by atoms with Gasteiger partial charge in [0.2, 0.25) is 5.91 Å². The molecule has 0 bridgehead atoms. The molecule has 0 saturated heterocycles. The van der Waals surface area contributed by atoms with Crippen molar-refractivity contribution in [2.24, 2.45) is 0 Å². The van der Waals surface area contributed by atoms with Gasteiger partial charge in [-0.1, -0.05) is 31.1 Å². The molecule has 0 aliphatic carbocycles. The van der Waals surface area contributed by atoms with Crippen LogP contribution in [0.1, 0.15) is 52.7 Å². The molecule has 0 aliphatic rings. The maximum Gasteiger partial charge on any atom is 0.259 e. The molecule has 1 N–H and O–H groups in total. The van der Waals surface area contributed by atoms with Gasteiger partial charge in [0.1, 0.15) is 5.56 Å². The van der Waals surface area contributed by atoms with Gasteiger partial charge in [0.25, 0.3) is 5.91 Å². The lowest BCUT2D eigenvalue weighted by atomic mass is 10.0. The smallest absolute Gasteiger partial charge is 0.259 e. The average molecular weight is 343 g/mol. The van der Waals surface area contributed by atoms with Gasteiger partial charge in [-0.25, -0.2) is 0 Å². The molecule has 0 atom stereocenters. The van der Waals surface area contributed by atoms with Gasteiger partial charge < -0.3 is 14.7 Å². The van der Waals surface area contributed by atoms with Crippen LogP contribution in [0.5, 0.6) is 0 Å². The Labute approximate surface area is 148 Å². The van der Waals surface area contributed by atoms with Crippen molar-refractivity contribution in [3.05, 3.63) is 46.3 Å². The molecule has 2 amide bonds. The molecule has 134 valence electrons. The van der Waals surface area contributed by atoms with E-state index >= 15 is 0 Å². The molecule has 6 nitrogen and oxygen atoms in total. The summed E-state index contributed by atoms with van der Waals surface area (Å²) < 4.78 is 5.26. The molecule has 2 rings (SSSR count). The quantitative estimate of drug-likeness (QED) is 0.902. The van der Waals surface area contributed by atoms with Crippen LogP contribution >= 0.6 is 0 Å². The van der Waals surface area contributed by atoms with Crippen LogP contribution in [0.4, 0.5) is 5.69 Å². The molecule has 25 heavy (non-hydrogen) atoms. The molecule has 0 spiro atoms. The Hall–Kier alpha value is -2.63. The Morgan fingerprint density at radius 2 is 1.92 bits per heavy atom. The lowest BCUT2D eigenvalue weighted by molar-refractivity contribution is -0.116. The van der Waals surface area contributed by atoms with Crippen LogP contribution in [0.25, 0.3) is 0 Å². The number of carbonyl (C=O) groups excluding carboxylic acids is 2. The summed E-state index contributed by atoms with van der Waals surface area (Å²) in [5.74, 6) is 0.0740. The molecule has 0 saturated carbocycles. The van der Waals surface area contributed by atoms with Gasteiger partial charge in [-0.2, -0.15) is 0 Å². The minimum absolute atomic E-state index is 0.0392. The molecular weight excluding hydrogens is 318 g/mol. The SMILES string of the molecule is Cc1cccc(NC(=O)CN(C)C(=O)c2c(C)noc2C(C)C)c1C. The van der Waals surface area contributed by atoms with Crippen molar-refractivity contribution in [1.82, 2.24) is 10.1 Å². The molecule has 1 aromatic carbocycles. The highest BCUT2D eigenvalue weighted by Gasteiger charge is 2.26. The third-order valence-corrected chi connectivity index (χ3v) is 4.23. The van der Waals surface area contributed by atoms with E-state index in [9.17, 15) is 9.59 Å². The van der Waals surface area contributed by atoms with E-state index in [4.69, 9.17) is 4.52 Å². The van der Waals surface area contributed by atoms with E-state index in [1.54, 1.807) is 14.0 Å². The molecule has 1 heterocycles. The standard InChI is InChI=1S/C19H25N3O3/c1-11(2)18-17(14(5)21-25-18)19(24)22(6)10-16(23)20-15-9-7-8-12(3)13(15)4/h7-9,11H,10H2,1-6H3,(H,20,23). The van der Waals surface area contributed by atoms with Crippen molar-refractivity contribution in [2.45, 2.75) is 40.5 Å². The maximum atomic E-state index is 12.7. The van der Waals surface area contributed by atoms with Gasteiger partial charge in [-0.3, -0.25) is 9.59 Å². The van der Waals surface area contributed by atoms with E-state index in [2.05, 4.69) is 10.5 Å². The van der Waals surface area contributed by atoms with Gasteiger partial charge in [-0.05, 0) is 38.0 Å². The second kappa shape index (κ2) is 7.51. The number of aryl methyl sites for hydroxylation is 2. The van der Waals surface area contributed by atoms with Crippen LogP contribution in [-0.2, 0) is 4.79 Å². The molecule has 2 aromatic rings. The fourth-order valence-corrected chi connectivity index (χ4v) is 2.60. The zero-order valence-electron chi connectivity index (χ0n) is 15.6. The number of benzene rings is 1. The van der Waals surface area contributed by atoms with Crippen molar-refractivity contribution >= 4 is 17.5 Å². The normalized spacial score (nSPS) is 10.8. The van der Waals surface area contributed by atoms with E-state index in [1.165, 1.54) is 4.90 Å². The largest absolute Gasteiger partial charge is 0.360 e. The van der Waals surface area contributed by atoms with E-state index in [0.29, 0.717) is 17.0 Å². The monoisotopic (exact) mass is 343 g/mol. The molecule has 0 fully saturated rings. The number of nitrogens with zero attached hydrogens (tertiary/aromatic N) is 2. The van der Waals surface area contributed by atoms with Gasteiger partial charge in [0.05, 0.1) is 12.2 Å². The number of nitrogens with one attached hydrogen (secondary N) is 1. The average Bonchev–Trinajstić information content (AvgIpc) is 2.92. The van der Waals surface area contributed by atoms with Gasteiger partial charge >= 0.3 is 0 Å². The number of rotatable bonds is 5. The Morgan fingerprint density at radius 3 is 2.56 bits per heavy atom. The van der Waals surface area contributed by atoms with Crippen LogP contribution in [0, 0.1) is 20.8 Å². The Morgan fingerprint density at radius 1 is 1.24 bits per heavy atom. The van der Waals surface area contributed by atoms with Gasteiger partial charge in [0, 0.05) is 18.7 Å². The second-order valence-electron chi connectivity index (χ2n) is 6.62. The lowest BCUT2D eigenvalue weighted by Gasteiger charge is -2.18. The highest BCUT2D eigenvalue weighted by atomic mass is 16.5. The van der Waals surface area contributed by atoms with Crippen LogP contribution in [-0.4, -0.2) is 35.5 Å². The van der Waals surface area contributed by atoms with Crippen molar-refractivity contribution in [3.63, 3.8) is 0 Å². The van der Waals surface area contributed by atoms with Crippen molar-refractivity contribution < 1.29 is 14.1 Å². The van der Waals surface area contributed by atoms with Crippen molar-refractivity contribution in [2.75, 3.05) is 18.9 Å². The summed E-state index contributed by atoms with van der Waals surface area (Å²) in [7, 11) is 1.60. The number of carbonyl (C=O) groups is 2. The van der Waals surface area contributed by atoms with E-state index in [-0.39, 0.29) is 24.3 Å². The summed E-state index contributed by atoms with van der Waals surface area (Å²) in [6.07, 6.45) is 0. The maximum absolute atomic E-state index is 12.7. The predicted molar refractivity (Wildman–Crippen MR) is 96.8 cm³/mol. The van der Waals surface area contributed by atoms with E-state index in [1.807, 2.05) is 45.9 Å². The first-order valence-corrected chi connectivity index (χ1v) is 8.30. The summed E-state index contributed by atoms with van der Waals surface area (Å²) >= 11 is 0. The third kappa shape index (κ3) is 4.07. The predicted octanol–water partition coefficient (Wildman–Crippen LogP) is 3.43. The summed E-state index contributed by atoms with van der Waals surface area (Å²) in [5.41, 5.74) is 3.85. The minimum Gasteiger partial charge on any atom is -0.360 e. The molecule has 0 radical (unpaired) electrons. The zero-order valence-corrected chi connectivity index (χ0v) is 15.6. The first-order chi connectivity index (χ1) is 11.7. The van der Waals surface area contributed by atoms with Crippen LogP contribution in [0.15, 0.2) is 22.7 Å². The fraction of sp³-hybridized carbons (Fsp3) is 0.421. The molecule has 0 aliphatic heterocycles. The third-order valence-electron chi connectivity index (χ3n) is 4.23. The number of likely N-dealkylation sites (N-methyl/N-ethyl adjacent to an activating group) is 1. The fourth-order valence-electron chi connectivity index (χ4n) is 2.60. The van der Waals surface area contributed by atoms with Crippen molar-refractivity contribution in [3.8, 4) is 0 Å². The van der Waals surface area contributed by atoms with E-state index in [0.717, 1.165) is 16.8 Å². The summed E-state index contributed by atoms with van der Waals surface area (Å²) in [4.78, 5) is 26.4. The topological polar surface area (TPSA) is 75.4 Å². The van der Waals surface area contributed by atoms with E-state index < -0.39 is 0 Å². The first-order valence-electron chi connectivity index (χ1n) is 8.30. The Balaban J connectivity index is 2.10. The summed E-state index contributed by atoms with van der Waals surface area (Å²) in [5, 5.41) is 6.75. The number of amides is 2. The molecule has 1 aromatic heterocycles. The van der Waals surface area contributed by atoms with Crippen LogP contribution in [0.3, 0.4) is 0 Å². The molecule has 6 heteroatoms. The van der Waals surface area contributed by atoms with Gasteiger partial charge in [-0.15, -0.1) is 0 Å². The number of hydrogen-bond donors (Lipinski definition) is 1.